The van der Waals surface area contributed by atoms with Crippen LogP contribution in [0.4, 0.5) is 0 Å². The summed E-state index contributed by atoms with van der Waals surface area (Å²) in [6.45, 7) is 0.886. The van der Waals surface area contributed by atoms with Crippen molar-refractivity contribution in [1.82, 2.24) is 5.32 Å². The normalized spacial score (nSPS) is 20.2. The zero-order valence-electron chi connectivity index (χ0n) is 14.1. The van der Waals surface area contributed by atoms with E-state index in [0.29, 0.717) is 31.0 Å². The van der Waals surface area contributed by atoms with Crippen LogP contribution in [0.15, 0.2) is 24.3 Å². The monoisotopic (exact) mass is 334 g/mol. The van der Waals surface area contributed by atoms with Crippen LogP contribution in [0.1, 0.15) is 42.5 Å². The Morgan fingerprint density at radius 3 is 2.42 bits per heavy atom. The second kappa shape index (κ2) is 9.27. The van der Waals surface area contributed by atoms with Crippen molar-refractivity contribution in [3.05, 3.63) is 29.8 Å². The molecule has 1 aromatic rings. The van der Waals surface area contributed by atoms with Gasteiger partial charge in [-0.15, -0.1) is 0 Å². The maximum absolute atomic E-state index is 11.8. The summed E-state index contributed by atoms with van der Waals surface area (Å²) in [6.07, 6.45) is 4.46. The molecule has 1 aliphatic rings. The fraction of sp³-hybridized carbons (Fsp3) is 0.556. The molecule has 0 aliphatic heterocycles. The summed E-state index contributed by atoms with van der Waals surface area (Å²) >= 11 is 0. The molecule has 0 atom stereocenters. The van der Waals surface area contributed by atoms with E-state index in [2.05, 4.69) is 5.32 Å². The first-order chi connectivity index (χ1) is 11.6. The maximum atomic E-state index is 11.8. The first-order valence-electron chi connectivity index (χ1n) is 8.44. The van der Waals surface area contributed by atoms with Crippen molar-refractivity contribution in [3.8, 4) is 5.75 Å². The summed E-state index contributed by atoms with van der Waals surface area (Å²) in [5, 5.41) is 2.73. The van der Waals surface area contributed by atoms with Crippen molar-refractivity contribution in [2.24, 2.45) is 11.7 Å². The molecule has 1 fully saturated rings. The molecule has 6 heteroatoms. The number of hydrogen-bond donors (Lipinski definition) is 2. The summed E-state index contributed by atoms with van der Waals surface area (Å²) in [4.78, 5) is 23.1. The molecule has 1 aromatic carbocycles. The van der Waals surface area contributed by atoms with Crippen LogP contribution in [0.3, 0.4) is 0 Å². The molecule has 6 nitrogen and oxygen atoms in total. The molecule has 132 valence electrons. The minimum atomic E-state index is -0.136. The van der Waals surface area contributed by atoms with Crippen LogP contribution in [-0.4, -0.2) is 38.2 Å². The Morgan fingerprint density at radius 1 is 1.17 bits per heavy atom. The number of rotatable bonds is 7. The van der Waals surface area contributed by atoms with Gasteiger partial charge in [-0.1, -0.05) is 0 Å². The largest absolute Gasteiger partial charge is 0.490 e. The fourth-order valence-corrected chi connectivity index (χ4v) is 2.94. The van der Waals surface area contributed by atoms with Crippen LogP contribution >= 0.6 is 0 Å². The van der Waals surface area contributed by atoms with Crippen LogP contribution in [-0.2, 0) is 9.53 Å². The molecule has 1 saturated carbocycles. The second-order valence-corrected chi connectivity index (χ2v) is 6.11. The predicted molar refractivity (Wildman–Crippen MR) is 90.8 cm³/mol. The molecule has 1 aliphatic carbocycles. The van der Waals surface area contributed by atoms with Gasteiger partial charge >= 0.3 is 5.97 Å². The number of carbonyl (C=O) groups is 2. The van der Waals surface area contributed by atoms with Crippen molar-refractivity contribution >= 4 is 11.9 Å². The summed E-state index contributed by atoms with van der Waals surface area (Å²) in [5.74, 6) is 0.894. The van der Waals surface area contributed by atoms with Gasteiger partial charge in [0.25, 0.3) is 5.91 Å². The number of nitrogens with two attached hydrogens (primary N) is 1. The lowest BCUT2D eigenvalue weighted by Gasteiger charge is -2.28. The Bertz CT molecular complexity index is 536. The molecule has 0 spiro atoms. The summed E-state index contributed by atoms with van der Waals surface area (Å²) in [5.41, 5.74) is 5.96. The number of amides is 1. The standard InChI is InChI=1S/C18H26N2O4/c1-23-17(21)12-13-2-6-15(7-3-13)24-16-8-4-14(5-9-16)18(22)20-11-10-19/h4-5,8-9,13,15H,2-3,6-7,10-12,19H2,1H3,(H,20,22). The first kappa shape index (κ1) is 18.3. The number of methoxy groups -OCH3 is 1. The smallest absolute Gasteiger partial charge is 0.305 e. The van der Waals surface area contributed by atoms with Crippen molar-refractivity contribution in [1.29, 1.82) is 0 Å². The number of benzene rings is 1. The number of hydrogen-bond acceptors (Lipinski definition) is 5. The van der Waals surface area contributed by atoms with Crippen molar-refractivity contribution in [2.45, 2.75) is 38.2 Å². The van der Waals surface area contributed by atoms with E-state index in [1.165, 1.54) is 7.11 Å². The van der Waals surface area contributed by atoms with Gasteiger partial charge < -0.3 is 20.5 Å². The van der Waals surface area contributed by atoms with E-state index in [1.54, 1.807) is 12.1 Å². The minimum absolute atomic E-state index is 0.129. The summed E-state index contributed by atoms with van der Waals surface area (Å²) in [6, 6.07) is 7.14. The summed E-state index contributed by atoms with van der Waals surface area (Å²) in [7, 11) is 1.43. The molecule has 0 saturated heterocycles. The van der Waals surface area contributed by atoms with E-state index in [-0.39, 0.29) is 18.0 Å². The lowest BCUT2D eigenvalue weighted by molar-refractivity contribution is -0.142. The lowest BCUT2D eigenvalue weighted by atomic mass is 9.85. The number of carbonyl (C=O) groups excluding carboxylic acids is 2. The van der Waals surface area contributed by atoms with Gasteiger partial charge in [0.1, 0.15) is 5.75 Å². The van der Waals surface area contributed by atoms with Crippen molar-refractivity contribution in [2.75, 3.05) is 20.2 Å². The third kappa shape index (κ3) is 5.53. The molecule has 1 amide bonds. The second-order valence-electron chi connectivity index (χ2n) is 6.11. The van der Waals surface area contributed by atoms with Gasteiger partial charge in [-0.2, -0.15) is 0 Å². The maximum Gasteiger partial charge on any atom is 0.305 e. The van der Waals surface area contributed by atoms with Gasteiger partial charge in [0.15, 0.2) is 0 Å². The van der Waals surface area contributed by atoms with Gasteiger partial charge in [0, 0.05) is 25.1 Å². The highest BCUT2D eigenvalue weighted by molar-refractivity contribution is 5.94. The molecule has 0 unspecified atom stereocenters. The molecule has 0 heterocycles. The lowest BCUT2D eigenvalue weighted by Crippen LogP contribution is -2.29. The Kier molecular flexibility index (Phi) is 7.06. The highest BCUT2D eigenvalue weighted by Gasteiger charge is 2.24. The van der Waals surface area contributed by atoms with Crippen LogP contribution in [0.5, 0.6) is 5.75 Å². The molecule has 0 radical (unpaired) electrons. The molecule has 2 rings (SSSR count). The number of ether oxygens (including phenoxy) is 2. The van der Waals surface area contributed by atoms with E-state index in [0.717, 1.165) is 31.4 Å². The molecule has 0 aromatic heterocycles. The van der Waals surface area contributed by atoms with Crippen LogP contribution in [0.2, 0.25) is 0 Å². The topological polar surface area (TPSA) is 90.6 Å². The van der Waals surface area contributed by atoms with Crippen LogP contribution < -0.4 is 15.8 Å². The average Bonchev–Trinajstić information content (AvgIpc) is 2.61. The van der Waals surface area contributed by atoms with E-state index in [4.69, 9.17) is 15.2 Å². The Balaban J connectivity index is 1.78. The highest BCUT2D eigenvalue weighted by Crippen LogP contribution is 2.29. The molecule has 3 N–H and O–H groups in total. The summed E-state index contributed by atoms with van der Waals surface area (Å²) < 4.78 is 10.7. The third-order valence-electron chi connectivity index (χ3n) is 4.33. The average molecular weight is 334 g/mol. The van der Waals surface area contributed by atoms with Crippen molar-refractivity contribution in [3.63, 3.8) is 0 Å². The van der Waals surface area contributed by atoms with Crippen LogP contribution in [0, 0.1) is 5.92 Å². The molecule has 24 heavy (non-hydrogen) atoms. The number of esters is 1. The van der Waals surface area contributed by atoms with E-state index in [9.17, 15) is 9.59 Å². The zero-order chi connectivity index (χ0) is 17.4. The van der Waals surface area contributed by atoms with Gasteiger partial charge in [-0.25, -0.2) is 0 Å². The quantitative estimate of drug-likeness (QED) is 0.743. The zero-order valence-corrected chi connectivity index (χ0v) is 14.1. The van der Waals surface area contributed by atoms with Gasteiger partial charge in [-0.3, -0.25) is 9.59 Å². The Labute approximate surface area is 142 Å². The van der Waals surface area contributed by atoms with E-state index < -0.39 is 0 Å². The molecular formula is C18H26N2O4. The van der Waals surface area contributed by atoms with Gasteiger partial charge in [0.2, 0.25) is 0 Å². The highest BCUT2D eigenvalue weighted by atomic mass is 16.5. The Morgan fingerprint density at radius 2 is 1.83 bits per heavy atom. The minimum Gasteiger partial charge on any atom is -0.490 e. The number of nitrogens with one attached hydrogen (secondary N) is 1. The third-order valence-corrected chi connectivity index (χ3v) is 4.33. The van der Waals surface area contributed by atoms with Crippen LogP contribution in [0.25, 0.3) is 0 Å². The molecular weight excluding hydrogens is 308 g/mol. The molecule has 0 bridgehead atoms. The first-order valence-corrected chi connectivity index (χ1v) is 8.44. The van der Waals surface area contributed by atoms with E-state index in [1.807, 2.05) is 12.1 Å². The van der Waals surface area contributed by atoms with Gasteiger partial charge in [-0.05, 0) is 55.9 Å². The SMILES string of the molecule is COC(=O)CC1CCC(Oc2ccc(C(=O)NCCN)cc2)CC1. The van der Waals surface area contributed by atoms with Gasteiger partial charge in [0.05, 0.1) is 13.2 Å². The Hall–Kier alpha value is -2.08. The predicted octanol–water partition coefficient (Wildman–Crippen LogP) is 1.88. The van der Waals surface area contributed by atoms with Crippen molar-refractivity contribution < 1.29 is 19.1 Å². The fourth-order valence-electron chi connectivity index (χ4n) is 2.94. The van der Waals surface area contributed by atoms with E-state index >= 15 is 0 Å².